The van der Waals surface area contributed by atoms with E-state index in [4.69, 9.17) is 10.5 Å². The van der Waals surface area contributed by atoms with Crippen molar-refractivity contribution in [3.05, 3.63) is 0 Å². The monoisotopic (exact) mass is 157 g/mol. The van der Waals surface area contributed by atoms with Crippen LogP contribution in [0.5, 0.6) is 0 Å². The molecule has 0 spiro atoms. The van der Waals surface area contributed by atoms with Crippen molar-refractivity contribution in [3.8, 4) is 0 Å². The van der Waals surface area contributed by atoms with Crippen LogP contribution in [0, 0.1) is 11.3 Å². The van der Waals surface area contributed by atoms with Gasteiger partial charge in [0.2, 0.25) is 0 Å². The van der Waals surface area contributed by atoms with E-state index in [0.717, 1.165) is 19.6 Å². The molecule has 0 aromatic heterocycles. The summed E-state index contributed by atoms with van der Waals surface area (Å²) < 4.78 is 5.29. The zero-order valence-corrected chi connectivity index (χ0v) is 7.76. The molecule has 2 N–H and O–H groups in total. The van der Waals surface area contributed by atoms with Gasteiger partial charge in [0.05, 0.1) is 6.61 Å². The lowest BCUT2D eigenvalue weighted by Crippen LogP contribution is -2.41. The fourth-order valence-corrected chi connectivity index (χ4v) is 1.54. The smallest absolute Gasteiger partial charge is 0.0510 e. The maximum atomic E-state index is 6.08. The van der Waals surface area contributed by atoms with E-state index < -0.39 is 0 Å². The summed E-state index contributed by atoms with van der Waals surface area (Å²) in [5.74, 6) is 0.579. The van der Waals surface area contributed by atoms with Gasteiger partial charge in [-0.05, 0) is 11.8 Å². The van der Waals surface area contributed by atoms with Crippen LogP contribution in [-0.2, 0) is 4.74 Å². The predicted molar refractivity (Wildman–Crippen MR) is 46.4 cm³/mol. The standard InChI is InChI=1S/C9H19NO/c1-9(2,3)8(10)7-4-5-11-6-7/h7-8H,4-6,10H2,1-3H3. The molecule has 2 nitrogen and oxygen atoms in total. The SMILES string of the molecule is CC(C)(C)C(N)C1CCOC1. The Morgan fingerprint density at radius 1 is 1.45 bits per heavy atom. The van der Waals surface area contributed by atoms with Gasteiger partial charge < -0.3 is 10.5 Å². The summed E-state index contributed by atoms with van der Waals surface area (Å²) in [7, 11) is 0. The largest absolute Gasteiger partial charge is 0.381 e. The van der Waals surface area contributed by atoms with Crippen LogP contribution in [0.1, 0.15) is 27.2 Å². The van der Waals surface area contributed by atoms with Crippen LogP contribution in [0.25, 0.3) is 0 Å². The molecule has 2 unspecified atom stereocenters. The van der Waals surface area contributed by atoms with Gasteiger partial charge in [0, 0.05) is 18.6 Å². The Balaban J connectivity index is 2.46. The topological polar surface area (TPSA) is 35.2 Å². The summed E-state index contributed by atoms with van der Waals surface area (Å²) in [6, 6.07) is 0.282. The molecule has 0 bridgehead atoms. The lowest BCUT2D eigenvalue weighted by atomic mass is 9.79. The van der Waals surface area contributed by atoms with Crippen LogP contribution in [0.15, 0.2) is 0 Å². The molecule has 1 saturated heterocycles. The molecule has 0 amide bonds. The molecule has 0 aromatic carbocycles. The van der Waals surface area contributed by atoms with E-state index in [2.05, 4.69) is 20.8 Å². The highest BCUT2D eigenvalue weighted by atomic mass is 16.5. The summed E-state index contributed by atoms with van der Waals surface area (Å²) in [4.78, 5) is 0. The lowest BCUT2D eigenvalue weighted by molar-refractivity contribution is 0.161. The Bertz CT molecular complexity index is 122. The third kappa shape index (κ3) is 2.17. The molecule has 0 aromatic rings. The second-order valence-corrected chi connectivity index (χ2v) is 4.52. The zero-order valence-electron chi connectivity index (χ0n) is 7.76. The molecule has 1 aliphatic heterocycles. The predicted octanol–water partition coefficient (Wildman–Crippen LogP) is 1.40. The summed E-state index contributed by atoms with van der Waals surface area (Å²) in [5, 5.41) is 0. The average Bonchev–Trinajstić information content (AvgIpc) is 2.34. The maximum Gasteiger partial charge on any atom is 0.0510 e. The third-order valence-electron chi connectivity index (χ3n) is 2.47. The van der Waals surface area contributed by atoms with Crippen LogP contribution in [0.3, 0.4) is 0 Å². The number of ether oxygens (including phenoxy) is 1. The molecule has 1 heterocycles. The zero-order chi connectivity index (χ0) is 8.48. The summed E-state index contributed by atoms with van der Waals surface area (Å²) in [6.07, 6.45) is 1.14. The Kier molecular flexibility index (Phi) is 2.55. The summed E-state index contributed by atoms with van der Waals surface area (Å²) in [5.41, 5.74) is 6.30. The van der Waals surface area contributed by atoms with Crippen LogP contribution >= 0.6 is 0 Å². The summed E-state index contributed by atoms with van der Waals surface area (Å²) in [6.45, 7) is 8.33. The molecule has 0 radical (unpaired) electrons. The Morgan fingerprint density at radius 2 is 2.09 bits per heavy atom. The van der Waals surface area contributed by atoms with E-state index in [0.29, 0.717) is 5.92 Å². The van der Waals surface area contributed by atoms with E-state index in [-0.39, 0.29) is 11.5 Å². The van der Waals surface area contributed by atoms with Gasteiger partial charge in [-0.15, -0.1) is 0 Å². The Morgan fingerprint density at radius 3 is 2.45 bits per heavy atom. The second kappa shape index (κ2) is 3.11. The van der Waals surface area contributed by atoms with Crippen molar-refractivity contribution in [2.45, 2.75) is 33.2 Å². The fourth-order valence-electron chi connectivity index (χ4n) is 1.54. The first-order valence-corrected chi connectivity index (χ1v) is 4.35. The maximum absolute atomic E-state index is 6.08. The fraction of sp³-hybridized carbons (Fsp3) is 1.00. The molecular weight excluding hydrogens is 138 g/mol. The second-order valence-electron chi connectivity index (χ2n) is 4.52. The Hall–Kier alpha value is -0.0800. The van der Waals surface area contributed by atoms with Crippen molar-refractivity contribution in [1.82, 2.24) is 0 Å². The summed E-state index contributed by atoms with van der Waals surface area (Å²) >= 11 is 0. The van der Waals surface area contributed by atoms with Gasteiger partial charge in [0.25, 0.3) is 0 Å². The first-order valence-electron chi connectivity index (χ1n) is 4.35. The number of nitrogens with two attached hydrogens (primary N) is 1. The van der Waals surface area contributed by atoms with Crippen LogP contribution in [0.2, 0.25) is 0 Å². The first-order chi connectivity index (χ1) is 5.02. The molecule has 66 valence electrons. The van der Waals surface area contributed by atoms with E-state index in [1.165, 1.54) is 0 Å². The highest BCUT2D eigenvalue weighted by Gasteiger charge is 2.31. The van der Waals surface area contributed by atoms with Crippen molar-refractivity contribution in [2.24, 2.45) is 17.1 Å². The van der Waals surface area contributed by atoms with Gasteiger partial charge in [0.15, 0.2) is 0 Å². The van der Waals surface area contributed by atoms with Gasteiger partial charge in [0.1, 0.15) is 0 Å². The van der Waals surface area contributed by atoms with Gasteiger partial charge in [-0.3, -0.25) is 0 Å². The quantitative estimate of drug-likeness (QED) is 0.624. The molecule has 1 fully saturated rings. The average molecular weight is 157 g/mol. The van der Waals surface area contributed by atoms with Gasteiger partial charge in [-0.1, -0.05) is 20.8 Å². The van der Waals surface area contributed by atoms with Crippen molar-refractivity contribution >= 4 is 0 Å². The van der Waals surface area contributed by atoms with Crippen molar-refractivity contribution < 1.29 is 4.74 Å². The minimum atomic E-state index is 0.221. The van der Waals surface area contributed by atoms with Crippen LogP contribution in [0.4, 0.5) is 0 Å². The van der Waals surface area contributed by atoms with Crippen molar-refractivity contribution in [1.29, 1.82) is 0 Å². The number of hydrogen-bond donors (Lipinski definition) is 1. The lowest BCUT2D eigenvalue weighted by Gasteiger charge is -2.31. The van der Waals surface area contributed by atoms with Crippen molar-refractivity contribution in [3.63, 3.8) is 0 Å². The molecule has 0 aliphatic carbocycles. The van der Waals surface area contributed by atoms with E-state index in [1.807, 2.05) is 0 Å². The highest BCUT2D eigenvalue weighted by molar-refractivity contribution is 4.85. The van der Waals surface area contributed by atoms with Crippen LogP contribution < -0.4 is 5.73 Å². The molecule has 1 rings (SSSR count). The first kappa shape index (κ1) is 9.01. The van der Waals surface area contributed by atoms with Crippen LogP contribution in [-0.4, -0.2) is 19.3 Å². The van der Waals surface area contributed by atoms with E-state index in [9.17, 15) is 0 Å². The molecule has 2 atom stereocenters. The van der Waals surface area contributed by atoms with Crippen molar-refractivity contribution in [2.75, 3.05) is 13.2 Å². The highest BCUT2D eigenvalue weighted by Crippen LogP contribution is 2.27. The van der Waals surface area contributed by atoms with Gasteiger partial charge in [-0.25, -0.2) is 0 Å². The molecule has 11 heavy (non-hydrogen) atoms. The van der Waals surface area contributed by atoms with E-state index in [1.54, 1.807) is 0 Å². The van der Waals surface area contributed by atoms with E-state index >= 15 is 0 Å². The molecular formula is C9H19NO. The Labute approximate surface area is 69.1 Å². The minimum Gasteiger partial charge on any atom is -0.381 e. The molecule has 2 heteroatoms. The third-order valence-corrected chi connectivity index (χ3v) is 2.47. The minimum absolute atomic E-state index is 0.221. The van der Waals surface area contributed by atoms with Gasteiger partial charge in [-0.2, -0.15) is 0 Å². The van der Waals surface area contributed by atoms with Gasteiger partial charge >= 0.3 is 0 Å². The number of hydrogen-bond acceptors (Lipinski definition) is 2. The number of rotatable bonds is 1. The molecule has 0 saturated carbocycles. The normalized spacial score (nSPS) is 28.9. The molecule has 1 aliphatic rings.